The average molecular weight is 219 g/mol. The Morgan fingerprint density at radius 1 is 1.44 bits per heavy atom. The number of hydrogen-bond acceptors (Lipinski definition) is 2. The van der Waals surface area contributed by atoms with Crippen molar-refractivity contribution >= 4 is 5.91 Å². The molecule has 0 spiro atoms. The van der Waals surface area contributed by atoms with Crippen molar-refractivity contribution in [3.63, 3.8) is 0 Å². The molecule has 1 heterocycles. The van der Waals surface area contributed by atoms with Crippen molar-refractivity contribution in [3.05, 3.63) is 29.8 Å². The van der Waals surface area contributed by atoms with Crippen LogP contribution in [0.5, 0.6) is 5.75 Å². The summed E-state index contributed by atoms with van der Waals surface area (Å²) in [6.45, 7) is 2.90. The Balaban J connectivity index is 2.30. The number of rotatable bonds is 2. The number of amides is 1. The number of carbonyl (C=O) groups excluding carboxylic acids is 1. The molecule has 1 N–H and O–H groups in total. The Kier molecular flexibility index (Phi) is 2.86. The van der Waals surface area contributed by atoms with Gasteiger partial charge < -0.3 is 10.1 Å². The predicted octanol–water partition coefficient (Wildman–Crippen LogP) is 1.86. The van der Waals surface area contributed by atoms with E-state index in [0.29, 0.717) is 6.42 Å². The number of ether oxygens (including phenoxy) is 1. The van der Waals surface area contributed by atoms with Crippen molar-refractivity contribution in [1.29, 1.82) is 0 Å². The SMILES string of the molecule is COc1cccc(C2(C)CCNC(=O)C2)c1. The van der Waals surface area contributed by atoms with Crippen molar-refractivity contribution in [2.24, 2.45) is 0 Å². The van der Waals surface area contributed by atoms with Crippen molar-refractivity contribution in [2.45, 2.75) is 25.2 Å². The summed E-state index contributed by atoms with van der Waals surface area (Å²) in [4.78, 5) is 11.5. The predicted molar refractivity (Wildman–Crippen MR) is 62.6 cm³/mol. The first-order chi connectivity index (χ1) is 7.64. The monoisotopic (exact) mass is 219 g/mol. The fourth-order valence-electron chi connectivity index (χ4n) is 2.23. The number of methoxy groups -OCH3 is 1. The van der Waals surface area contributed by atoms with E-state index in [1.807, 2.05) is 18.2 Å². The molecule has 1 fully saturated rings. The minimum atomic E-state index is -0.0587. The Labute approximate surface area is 95.8 Å². The molecule has 1 aromatic rings. The van der Waals surface area contributed by atoms with Crippen LogP contribution in [0.15, 0.2) is 24.3 Å². The fourth-order valence-corrected chi connectivity index (χ4v) is 2.23. The highest BCUT2D eigenvalue weighted by molar-refractivity contribution is 5.78. The smallest absolute Gasteiger partial charge is 0.220 e. The van der Waals surface area contributed by atoms with Gasteiger partial charge in [-0.25, -0.2) is 0 Å². The van der Waals surface area contributed by atoms with Gasteiger partial charge in [0.25, 0.3) is 0 Å². The van der Waals surface area contributed by atoms with Crippen LogP contribution in [0.25, 0.3) is 0 Å². The van der Waals surface area contributed by atoms with Crippen molar-refractivity contribution in [1.82, 2.24) is 5.32 Å². The molecule has 3 nitrogen and oxygen atoms in total. The van der Waals surface area contributed by atoms with Crippen LogP contribution in [0.4, 0.5) is 0 Å². The molecule has 1 saturated heterocycles. The summed E-state index contributed by atoms with van der Waals surface area (Å²) in [5.74, 6) is 0.987. The number of hydrogen-bond donors (Lipinski definition) is 1. The molecule has 0 aromatic heterocycles. The Morgan fingerprint density at radius 2 is 2.25 bits per heavy atom. The maximum absolute atomic E-state index is 11.5. The Bertz CT molecular complexity index is 403. The van der Waals surface area contributed by atoms with E-state index in [9.17, 15) is 4.79 Å². The zero-order valence-corrected chi connectivity index (χ0v) is 9.75. The fraction of sp³-hybridized carbons (Fsp3) is 0.462. The average Bonchev–Trinajstić information content (AvgIpc) is 2.29. The highest BCUT2D eigenvalue weighted by atomic mass is 16.5. The lowest BCUT2D eigenvalue weighted by molar-refractivity contribution is -0.123. The largest absolute Gasteiger partial charge is 0.497 e. The Morgan fingerprint density at radius 3 is 2.94 bits per heavy atom. The van der Waals surface area contributed by atoms with Crippen LogP contribution >= 0.6 is 0 Å². The van der Waals surface area contributed by atoms with Gasteiger partial charge in [-0.05, 0) is 24.1 Å². The van der Waals surface area contributed by atoms with Crippen LogP contribution in [0.3, 0.4) is 0 Å². The van der Waals surface area contributed by atoms with Gasteiger partial charge in [-0.2, -0.15) is 0 Å². The van der Waals surface area contributed by atoms with Crippen LogP contribution in [0.2, 0.25) is 0 Å². The number of piperidine rings is 1. The van der Waals surface area contributed by atoms with Crippen LogP contribution in [-0.2, 0) is 10.2 Å². The molecule has 1 amide bonds. The summed E-state index contributed by atoms with van der Waals surface area (Å²) in [5.41, 5.74) is 1.12. The number of benzene rings is 1. The maximum atomic E-state index is 11.5. The third-order valence-electron chi connectivity index (χ3n) is 3.32. The molecule has 1 aliphatic heterocycles. The van der Waals surface area contributed by atoms with Crippen molar-refractivity contribution < 1.29 is 9.53 Å². The summed E-state index contributed by atoms with van der Waals surface area (Å²) in [5, 5.41) is 2.87. The molecular weight excluding hydrogens is 202 g/mol. The third-order valence-corrected chi connectivity index (χ3v) is 3.32. The first-order valence-corrected chi connectivity index (χ1v) is 5.55. The van der Waals surface area contributed by atoms with Gasteiger partial charge in [-0.1, -0.05) is 19.1 Å². The molecule has 1 aliphatic rings. The van der Waals surface area contributed by atoms with Gasteiger partial charge >= 0.3 is 0 Å². The number of nitrogens with one attached hydrogen (secondary N) is 1. The van der Waals surface area contributed by atoms with E-state index in [0.717, 1.165) is 18.7 Å². The second-order valence-corrected chi connectivity index (χ2v) is 4.57. The molecule has 2 rings (SSSR count). The van der Waals surface area contributed by atoms with Crippen LogP contribution in [-0.4, -0.2) is 19.6 Å². The highest BCUT2D eigenvalue weighted by Gasteiger charge is 2.32. The van der Waals surface area contributed by atoms with Crippen molar-refractivity contribution in [2.75, 3.05) is 13.7 Å². The minimum Gasteiger partial charge on any atom is -0.497 e. The second kappa shape index (κ2) is 4.16. The Hall–Kier alpha value is -1.51. The van der Waals surface area contributed by atoms with E-state index in [1.54, 1.807) is 7.11 Å². The molecule has 16 heavy (non-hydrogen) atoms. The van der Waals surface area contributed by atoms with Crippen molar-refractivity contribution in [3.8, 4) is 5.75 Å². The standard InChI is InChI=1S/C13H17NO2/c1-13(6-7-14-12(15)9-13)10-4-3-5-11(8-10)16-2/h3-5,8H,6-7,9H2,1-2H3,(H,14,15). The van der Waals surface area contributed by atoms with E-state index in [4.69, 9.17) is 4.74 Å². The van der Waals surface area contributed by atoms with Crippen LogP contribution in [0.1, 0.15) is 25.3 Å². The molecule has 0 aliphatic carbocycles. The summed E-state index contributed by atoms with van der Waals surface area (Å²) < 4.78 is 5.22. The zero-order chi connectivity index (χ0) is 11.6. The molecule has 1 aromatic carbocycles. The molecule has 86 valence electrons. The van der Waals surface area contributed by atoms with Gasteiger partial charge in [0.05, 0.1) is 7.11 Å². The van der Waals surface area contributed by atoms with E-state index in [1.165, 1.54) is 5.56 Å². The summed E-state index contributed by atoms with van der Waals surface area (Å²) in [6.07, 6.45) is 1.53. The molecule has 0 bridgehead atoms. The van der Waals surface area contributed by atoms with Crippen LogP contribution in [0, 0.1) is 0 Å². The quantitative estimate of drug-likeness (QED) is 0.824. The lowest BCUT2D eigenvalue weighted by Gasteiger charge is -2.33. The van der Waals surface area contributed by atoms with Gasteiger partial charge in [0, 0.05) is 18.4 Å². The highest BCUT2D eigenvalue weighted by Crippen LogP contribution is 2.34. The van der Waals surface area contributed by atoms with E-state index in [2.05, 4.69) is 18.3 Å². The van der Waals surface area contributed by atoms with E-state index in [-0.39, 0.29) is 11.3 Å². The summed E-state index contributed by atoms with van der Waals surface area (Å²) in [7, 11) is 1.66. The van der Waals surface area contributed by atoms with Crippen LogP contribution < -0.4 is 10.1 Å². The first-order valence-electron chi connectivity index (χ1n) is 5.55. The third kappa shape index (κ3) is 2.03. The zero-order valence-electron chi connectivity index (χ0n) is 9.75. The van der Waals surface area contributed by atoms with Gasteiger partial charge in [0.15, 0.2) is 0 Å². The topological polar surface area (TPSA) is 38.3 Å². The second-order valence-electron chi connectivity index (χ2n) is 4.57. The lowest BCUT2D eigenvalue weighted by atomic mass is 9.75. The normalized spacial score (nSPS) is 25.0. The van der Waals surface area contributed by atoms with Gasteiger partial charge in [-0.3, -0.25) is 4.79 Å². The lowest BCUT2D eigenvalue weighted by Crippen LogP contribution is -2.41. The minimum absolute atomic E-state index is 0.0587. The number of carbonyl (C=O) groups is 1. The van der Waals surface area contributed by atoms with Gasteiger partial charge in [0.1, 0.15) is 5.75 Å². The summed E-state index contributed by atoms with van der Waals surface area (Å²) >= 11 is 0. The molecule has 3 heteroatoms. The van der Waals surface area contributed by atoms with Gasteiger partial charge in [-0.15, -0.1) is 0 Å². The summed E-state index contributed by atoms with van der Waals surface area (Å²) in [6, 6.07) is 8.00. The molecule has 1 atom stereocenters. The van der Waals surface area contributed by atoms with E-state index < -0.39 is 0 Å². The molecular formula is C13H17NO2. The van der Waals surface area contributed by atoms with Gasteiger partial charge in [0.2, 0.25) is 5.91 Å². The molecule has 0 radical (unpaired) electrons. The van der Waals surface area contributed by atoms with E-state index >= 15 is 0 Å². The molecule has 1 unspecified atom stereocenters. The maximum Gasteiger partial charge on any atom is 0.220 e. The molecule has 0 saturated carbocycles. The first kappa shape index (κ1) is 11.0.